The average Bonchev–Trinajstić information content (AvgIpc) is 2.81. The molecule has 0 N–H and O–H groups in total. The first kappa shape index (κ1) is 10.8. The number of hydrogen-bond acceptors (Lipinski definition) is 4. The van der Waals surface area contributed by atoms with Crippen LogP contribution in [0.15, 0.2) is 35.0 Å². The van der Waals surface area contributed by atoms with Gasteiger partial charge in [-0.25, -0.2) is 0 Å². The molecule has 0 radical (unpaired) electrons. The summed E-state index contributed by atoms with van der Waals surface area (Å²) in [5.41, 5.74) is 0. The molecule has 1 heterocycles. The van der Waals surface area contributed by atoms with Crippen molar-refractivity contribution in [2.75, 3.05) is 14.2 Å². The maximum atomic E-state index is 5.64. The van der Waals surface area contributed by atoms with Gasteiger partial charge in [-0.3, -0.25) is 0 Å². The number of benzene rings is 1. The van der Waals surface area contributed by atoms with Crippen LogP contribution in [0, 0.1) is 0 Å². The molecule has 4 heteroatoms. The number of ether oxygens (including phenoxy) is 3. The van der Waals surface area contributed by atoms with Gasteiger partial charge in [0.25, 0.3) is 0 Å². The first-order chi connectivity index (χ1) is 7.83. The minimum Gasteiger partial charge on any atom is -0.493 e. The molecule has 16 heavy (non-hydrogen) atoms. The van der Waals surface area contributed by atoms with Gasteiger partial charge in [-0.2, -0.15) is 0 Å². The average molecular weight is 236 g/mol. The van der Waals surface area contributed by atoms with Crippen molar-refractivity contribution in [3.63, 3.8) is 0 Å². The highest BCUT2D eigenvalue weighted by Gasteiger charge is 2.05. The van der Waals surface area contributed by atoms with Gasteiger partial charge in [-0.15, -0.1) is 11.3 Å². The van der Waals surface area contributed by atoms with Gasteiger partial charge in [-0.1, -0.05) is 0 Å². The Balaban J connectivity index is 2.22. The number of hydrogen-bond donors (Lipinski definition) is 0. The summed E-state index contributed by atoms with van der Waals surface area (Å²) >= 11 is 1.60. The Morgan fingerprint density at radius 2 is 1.75 bits per heavy atom. The Kier molecular flexibility index (Phi) is 3.31. The van der Waals surface area contributed by atoms with E-state index in [2.05, 4.69) is 0 Å². The monoisotopic (exact) mass is 236 g/mol. The third kappa shape index (κ3) is 2.28. The summed E-state index contributed by atoms with van der Waals surface area (Å²) in [7, 11) is 3.21. The zero-order chi connectivity index (χ0) is 11.4. The topological polar surface area (TPSA) is 27.7 Å². The molecule has 2 aromatic rings. The molecule has 3 nitrogen and oxygen atoms in total. The number of thiophene rings is 1. The number of rotatable bonds is 4. The van der Waals surface area contributed by atoms with Crippen molar-refractivity contribution in [3.05, 3.63) is 35.0 Å². The van der Waals surface area contributed by atoms with Gasteiger partial charge in [0.2, 0.25) is 0 Å². The van der Waals surface area contributed by atoms with Crippen molar-refractivity contribution in [1.29, 1.82) is 0 Å². The molecule has 0 saturated carbocycles. The van der Waals surface area contributed by atoms with Crippen LogP contribution < -0.4 is 14.2 Å². The van der Waals surface area contributed by atoms with Crippen LogP contribution in [0.2, 0.25) is 0 Å². The number of methoxy groups -OCH3 is 2. The Hall–Kier alpha value is -1.68. The van der Waals surface area contributed by atoms with Gasteiger partial charge in [0, 0.05) is 11.4 Å². The second-order valence-corrected chi connectivity index (χ2v) is 3.86. The largest absolute Gasteiger partial charge is 0.493 e. The van der Waals surface area contributed by atoms with Gasteiger partial charge < -0.3 is 14.2 Å². The lowest BCUT2D eigenvalue weighted by atomic mass is 10.3. The minimum atomic E-state index is 0.662. The normalized spacial score (nSPS) is 9.88. The summed E-state index contributed by atoms with van der Waals surface area (Å²) in [5.74, 6) is 2.92. The molecular weight excluding hydrogens is 224 g/mol. The molecule has 0 bridgehead atoms. The van der Waals surface area contributed by atoms with E-state index >= 15 is 0 Å². The second kappa shape index (κ2) is 4.90. The molecule has 0 amide bonds. The maximum absolute atomic E-state index is 5.64. The van der Waals surface area contributed by atoms with Crippen molar-refractivity contribution < 1.29 is 14.2 Å². The van der Waals surface area contributed by atoms with E-state index in [1.807, 2.05) is 29.0 Å². The van der Waals surface area contributed by atoms with Crippen LogP contribution in [0.5, 0.6) is 23.0 Å². The summed E-state index contributed by atoms with van der Waals surface area (Å²) in [6, 6.07) is 7.39. The smallest absolute Gasteiger partial charge is 0.164 e. The molecule has 1 aromatic heterocycles. The fourth-order valence-electron chi connectivity index (χ4n) is 1.33. The lowest BCUT2D eigenvalue weighted by molar-refractivity contribution is 0.352. The summed E-state index contributed by atoms with van der Waals surface area (Å²) in [5, 5.41) is 3.91. The van der Waals surface area contributed by atoms with Gasteiger partial charge >= 0.3 is 0 Å². The molecule has 0 aliphatic heterocycles. The van der Waals surface area contributed by atoms with E-state index in [0.717, 1.165) is 11.5 Å². The standard InChI is InChI=1S/C12H12O3S/c1-13-11-4-3-9(7-12(11)14-2)15-10-5-6-16-8-10/h3-8H,1-2H3. The third-order valence-corrected chi connectivity index (χ3v) is 2.75. The van der Waals surface area contributed by atoms with Crippen LogP contribution in [-0.4, -0.2) is 14.2 Å². The highest BCUT2D eigenvalue weighted by molar-refractivity contribution is 7.08. The SMILES string of the molecule is COc1ccc(Oc2ccsc2)cc1OC. The molecule has 84 valence electrons. The van der Waals surface area contributed by atoms with E-state index in [-0.39, 0.29) is 0 Å². The Bertz CT molecular complexity index is 451. The van der Waals surface area contributed by atoms with Gasteiger partial charge in [-0.05, 0) is 23.6 Å². The van der Waals surface area contributed by atoms with Gasteiger partial charge in [0.1, 0.15) is 11.5 Å². The van der Waals surface area contributed by atoms with E-state index in [9.17, 15) is 0 Å². The summed E-state index contributed by atoms with van der Waals surface area (Å²) in [6.07, 6.45) is 0. The molecule has 0 fully saturated rings. The predicted octanol–water partition coefficient (Wildman–Crippen LogP) is 3.56. The van der Waals surface area contributed by atoms with Gasteiger partial charge in [0.05, 0.1) is 14.2 Å². The molecule has 0 atom stereocenters. The van der Waals surface area contributed by atoms with Crippen LogP contribution in [0.3, 0.4) is 0 Å². The van der Waals surface area contributed by atoms with E-state index in [1.165, 1.54) is 0 Å². The van der Waals surface area contributed by atoms with Crippen LogP contribution in [0.25, 0.3) is 0 Å². The van der Waals surface area contributed by atoms with Crippen LogP contribution in [-0.2, 0) is 0 Å². The zero-order valence-corrected chi connectivity index (χ0v) is 9.91. The summed E-state index contributed by atoms with van der Waals surface area (Å²) < 4.78 is 16.0. The predicted molar refractivity (Wildman–Crippen MR) is 63.9 cm³/mol. The highest BCUT2D eigenvalue weighted by atomic mass is 32.1. The molecule has 0 aliphatic rings. The van der Waals surface area contributed by atoms with E-state index in [1.54, 1.807) is 31.6 Å². The van der Waals surface area contributed by atoms with Crippen LogP contribution in [0.4, 0.5) is 0 Å². The Morgan fingerprint density at radius 1 is 0.938 bits per heavy atom. The molecular formula is C12H12O3S. The van der Waals surface area contributed by atoms with E-state index < -0.39 is 0 Å². The van der Waals surface area contributed by atoms with Crippen molar-refractivity contribution in [1.82, 2.24) is 0 Å². The van der Waals surface area contributed by atoms with Crippen LogP contribution >= 0.6 is 11.3 Å². The Morgan fingerprint density at radius 3 is 2.38 bits per heavy atom. The minimum absolute atomic E-state index is 0.662. The fourth-order valence-corrected chi connectivity index (χ4v) is 1.88. The quantitative estimate of drug-likeness (QED) is 0.812. The molecule has 2 rings (SSSR count). The van der Waals surface area contributed by atoms with Crippen molar-refractivity contribution >= 4 is 11.3 Å². The zero-order valence-electron chi connectivity index (χ0n) is 9.10. The first-order valence-corrected chi connectivity index (χ1v) is 5.70. The third-order valence-electron chi connectivity index (χ3n) is 2.09. The van der Waals surface area contributed by atoms with Crippen LogP contribution in [0.1, 0.15) is 0 Å². The van der Waals surface area contributed by atoms with Crippen molar-refractivity contribution in [2.24, 2.45) is 0 Å². The fraction of sp³-hybridized carbons (Fsp3) is 0.167. The molecule has 1 aromatic carbocycles. The maximum Gasteiger partial charge on any atom is 0.164 e. The summed E-state index contributed by atoms with van der Waals surface area (Å²) in [6.45, 7) is 0. The molecule has 0 unspecified atom stereocenters. The lowest BCUT2D eigenvalue weighted by Gasteiger charge is -2.09. The Labute approximate surface area is 98.2 Å². The molecule has 0 saturated heterocycles. The van der Waals surface area contributed by atoms with E-state index in [4.69, 9.17) is 14.2 Å². The van der Waals surface area contributed by atoms with Crippen molar-refractivity contribution in [3.8, 4) is 23.0 Å². The second-order valence-electron chi connectivity index (χ2n) is 3.08. The van der Waals surface area contributed by atoms with E-state index in [0.29, 0.717) is 11.5 Å². The lowest BCUT2D eigenvalue weighted by Crippen LogP contribution is -1.91. The molecule has 0 spiro atoms. The van der Waals surface area contributed by atoms with Gasteiger partial charge in [0.15, 0.2) is 11.5 Å². The molecule has 0 aliphatic carbocycles. The summed E-state index contributed by atoms with van der Waals surface area (Å²) in [4.78, 5) is 0. The first-order valence-electron chi connectivity index (χ1n) is 4.75. The van der Waals surface area contributed by atoms with Crippen molar-refractivity contribution in [2.45, 2.75) is 0 Å². The highest BCUT2D eigenvalue weighted by Crippen LogP contribution is 2.33.